The van der Waals surface area contributed by atoms with Crippen LogP contribution in [0.3, 0.4) is 0 Å². The molecule has 1 aromatic rings. The molecule has 4 nitrogen and oxygen atoms in total. The Bertz CT molecular complexity index is 293. The number of rotatable bonds is 1. The third-order valence-corrected chi connectivity index (χ3v) is 2.20. The summed E-state index contributed by atoms with van der Waals surface area (Å²) in [4.78, 5) is 3.99. The fourth-order valence-corrected chi connectivity index (χ4v) is 1.27. The Kier molecular flexibility index (Phi) is 1.62. The molecule has 0 bridgehead atoms. The van der Waals surface area contributed by atoms with Crippen molar-refractivity contribution in [3.05, 3.63) is 17.8 Å². The first-order valence-electron chi connectivity index (χ1n) is 4.01. The van der Waals surface area contributed by atoms with Gasteiger partial charge in [0.15, 0.2) is 0 Å². The zero-order valence-electron chi connectivity index (χ0n) is 6.75. The van der Waals surface area contributed by atoms with Gasteiger partial charge in [-0.2, -0.15) is 0 Å². The Balaban J connectivity index is 2.27. The summed E-state index contributed by atoms with van der Waals surface area (Å²) < 4.78 is 0. The quantitative estimate of drug-likeness (QED) is 0.557. The predicted octanol–water partition coefficient (Wildman–Crippen LogP) is 0.280. The van der Waals surface area contributed by atoms with Crippen LogP contribution in [0, 0.1) is 0 Å². The summed E-state index contributed by atoms with van der Waals surface area (Å²) in [6, 6.07) is 2.32. The minimum absolute atomic E-state index is 0.415. The zero-order chi connectivity index (χ0) is 8.55. The van der Waals surface area contributed by atoms with Crippen molar-refractivity contribution in [2.24, 2.45) is 0 Å². The average Bonchev–Trinajstić information content (AvgIpc) is 1.93. The van der Waals surface area contributed by atoms with E-state index in [4.69, 9.17) is 11.5 Å². The van der Waals surface area contributed by atoms with Crippen molar-refractivity contribution in [3.63, 3.8) is 0 Å². The highest BCUT2D eigenvalue weighted by atomic mass is 15.0. The summed E-state index contributed by atoms with van der Waals surface area (Å²) in [5.74, 6) is 0.415. The van der Waals surface area contributed by atoms with Gasteiger partial charge in [-0.3, -0.25) is 0 Å². The molecule has 0 unspecified atom stereocenters. The molecule has 1 fully saturated rings. The van der Waals surface area contributed by atoms with Crippen LogP contribution in [0.1, 0.15) is 18.0 Å². The van der Waals surface area contributed by atoms with Gasteiger partial charge in [0.2, 0.25) is 0 Å². The monoisotopic (exact) mass is 164 g/mol. The predicted molar refractivity (Wildman–Crippen MR) is 48.4 cm³/mol. The van der Waals surface area contributed by atoms with E-state index in [1.54, 1.807) is 6.20 Å². The Morgan fingerprint density at radius 2 is 2.25 bits per heavy atom. The second kappa shape index (κ2) is 2.64. The van der Waals surface area contributed by atoms with Crippen molar-refractivity contribution in [1.82, 2.24) is 10.3 Å². The second-order valence-corrected chi connectivity index (χ2v) is 3.04. The Hall–Kier alpha value is -1.29. The molecule has 12 heavy (non-hydrogen) atoms. The van der Waals surface area contributed by atoms with Gasteiger partial charge in [-0.15, -0.1) is 0 Å². The molecule has 0 spiro atoms. The first kappa shape index (κ1) is 7.36. The van der Waals surface area contributed by atoms with Gasteiger partial charge in [-0.05, 0) is 24.6 Å². The highest BCUT2D eigenvalue weighted by Crippen LogP contribution is 2.24. The zero-order valence-corrected chi connectivity index (χ0v) is 6.75. The van der Waals surface area contributed by atoms with Crippen LogP contribution in [0.2, 0.25) is 0 Å². The van der Waals surface area contributed by atoms with Crippen LogP contribution in [-0.2, 0) is 0 Å². The molecule has 5 N–H and O–H groups in total. The van der Waals surface area contributed by atoms with E-state index in [1.807, 2.05) is 6.07 Å². The molecular weight excluding hydrogens is 152 g/mol. The van der Waals surface area contributed by atoms with Gasteiger partial charge in [-0.1, -0.05) is 0 Å². The molecule has 0 aromatic carbocycles. The van der Waals surface area contributed by atoms with Crippen LogP contribution in [0.25, 0.3) is 0 Å². The molecule has 0 saturated carbocycles. The summed E-state index contributed by atoms with van der Waals surface area (Å²) in [6.07, 6.45) is 2.94. The van der Waals surface area contributed by atoms with E-state index in [0.29, 0.717) is 17.5 Å². The molecule has 0 aliphatic carbocycles. The summed E-state index contributed by atoms with van der Waals surface area (Å²) in [5.41, 5.74) is 12.8. The molecule has 1 aliphatic heterocycles. The molecule has 4 heteroatoms. The van der Waals surface area contributed by atoms with E-state index in [1.165, 1.54) is 0 Å². The molecule has 1 atom stereocenters. The Morgan fingerprint density at radius 1 is 1.50 bits per heavy atom. The second-order valence-electron chi connectivity index (χ2n) is 3.04. The van der Waals surface area contributed by atoms with Crippen LogP contribution < -0.4 is 16.8 Å². The lowest BCUT2D eigenvalue weighted by molar-refractivity contribution is 0.382. The van der Waals surface area contributed by atoms with Crippen LogP contribution in [0.15, 0.2) is 12.3 Å². The number of nitrogens with two attached hydrogens (primary N) is 2. The molecule has 0 amide bonds. The number of anilines is 2. The van der Waals surface area contributed by atoms with Crippen LogP contribution >= 0.6 is 0 Å². The van der Waals surface area contributed by atoms with Crippen molar-refractivity contribution in [2.45, 2.75) is 12.5 Å². The number of nitrogen functional groups attached to an aromatic ring is 2. The fraction of sp³-hybridized carbons (Fsp3) is 0.375. The van der Waals surface area contributed by atoms with Crippen molar-refractivity contribution >= 4 is 11.5 Å². The smallest absolute Gasteiger partial charge is 0.146 e. The molecule has 64 valence electrons. The first-order chi connectivity index (χ1) is 5.77. The summed E-state index contributed by atoms with van der Waals surface area (Å²) in [7, 11) is 0. The van der Waals surface area contributed by atoms with Crippen LogP contribution in [-0.4, -0.2) is 11.5 Å². The Labute approximate surface area is 71.0 Å². The van der Waals surface area contributed by atoms with E-state index >= 15 is 0 Å². The number of aromatic nitrogens is 1. The highest BCUT2D eigenvalue weighted by molar-refractivity contribution is 5.58. The van der Waals surface area contributed by atoms with Gasteiger partial charge in [-0.25, -0.2) is 4.98 Å². The van der Waals surface area contributed by atoms with Crippen molar-refractivity contribution in [3.8, 4) is 0 Å². The van der Waals surface area contributed by atoms with E-state index in [9.17, 15) is 0 Å². The third kappa shape index (κ3) is 1.10. The normalized spacial score (nSPS) is 21.8. The van der Waals surface area contributed by atoms with E-state index in [-0.39, 0.29) is 0 Å². The van der Waals surface area contributed by atoms with Crippen molar-refractivity contribution in [2.75, 3.05) is 18.0 Å². The lowest BCUT2D eigenvalue weighted by atomic mass is 9.99. The molecule has 2 heterocycles. The van der Waals surface area contributed by atoms with Gasteiger partial charge in [0.1, 0.15) is 5.82 Å². The van der Waals surface area contributed by atoms with Gasteiger partial charge in [0.25, 0.3) is 0 Å². The number of nitrogens with one attached hydrogen (secondary N) is 1. The standard InChI is InChI=1S/C8H12N4/c9-6-3-5(4-12-8(6)10)7-1-2-11-7/h3-4,7,11H,1-2,9H2,(H2,10,12)/t7-/m0/s1. The van der Waals surface area contributed by atoms with Gasteiger partial charge in [0.05, 0.1) is 5.69 Å². The topological polar surface area (TPSA) is 77.0 Å². The van der Waals surface area contributed by atoms with Crippen molar-refractivity contribution < 1.29 is 0 Å². The SMILES string of the molecule is Nc1cc([C@@H]2CCN2)cnc1N. The molecular formula is C8H12N4. The van der Waals surface area contributed by atoms with Gasteiger partial charge >= 0.3 is 0 Å². The minimum atomic E-state index is 0.415. The molecule has 2 rings (SSSR count). The van der Waals surface area contributed by atoms with Crippen LogP contribution in [0.5, 0.6) is 0 Å². The fourth-order valence-electron chi connectivity index (χ4n) is 1.27. The lowest BCUT2D eigenvalue weighted by Crippen LogP contribution is -2.35. The van der Waals surface area contributed by atoms with Crippen LogP contribution in [0.4, 0.5) is 11.5 Å². The highest BCUT2D eigenvalue weighted by Gasteiger charge is 2.18. The Morgan fingerprint density at radius 3 is 2.75 bits per heavy atom. The van der Waals surface area contributed by atoms with Gasteiger partial charge < -0.3 is 16.8 Å². The number of hydrogen-bond acceptors (Lipinski definition) is 4. The molecule has 1 saturated heterocycles. The van der Waals surface area contributed by atoms with Gasteiger partial charge in [0, 0.05) is 12.2 Å². The lowest BCUT2D eigenvalue weighted by Gasteiger charge is -2.27. The number of hydrogen-bond donors (Lipinski definition) is 3. The maximum absolute atomic E-state index is 5.62. The largest absolute Gasteiger partial charge is 0.396 e. The van der Waals surface area contributed by atoms with E-state index in [0.717, 1.165) is 18.5 Å². The number of nitrogens with zero attached hydrogens (tertiary/aromatic N) is 1. The summed E-state index contributed by atoms with van der Waals surface area (Å²) >= 11 is 0. The summed E-state index contributed by atoms with van der Waals surface area (Å²) in [6.45, 7) is 1.08. The van der Waals surface area contributed by atoms with Crippen molar-refractivity contribution in [1.29, 1.82) is 0 Å². The minimum Gasteiger partial charge on any atom is -0.396 e. The van der Waals surface area contributed by atoms with E-state index < -0.39 is 0 Å². The first-order valence-corrected chi connectivity index (χ1v) is 4.01. The molecule has 1 aromatic heterocycles. The third-order valence-electron chi connectivity index (χ3n) is 2.20. The maximum atomic E-state index is 5.62. The summed E-state index contributed by atoms with van der Waals surface area (Å²) in [5, 5.41) is 3.27. The maximum Gasteiger partial charge on any atom is 0.146 e. The average molecular weight is 164 g/mol. The molecule has 1 aliphatic rings. The van der Waals surface area contributed by atoms with E-state index in [2.05, 4.69) is 10.3 Å². The number of pyridine rings is 1. The molecule has 0 radical (unpaired) electrons.